The number of nitrogens with two attached hydrogens (primary N) is 1. The molecule has 0 saturated heterocycles. The van der Waals surface area contributed by atoms with Gasteiger partial charge in [-0.2, -0.15) is 0 Å². The average molecular weight is 362 g/mol. The molecule has 0 amide bonds. The van der Waals surface area contributed by atoms with Crippen LogP contribution in [-0.2, 0) is 24.8 Å². The summed E-state index contributed by atoms with van der Waals surface area (Å²) in [6.07, 6.45) is -0.0500. The number of hydrogen-bond donors (Lipinski definition) is 2. The molecule has 7 nitrogen and oxygen atoms in total. The third-order valence-corrected chi connectivity index (χ3v) is 6.87. The van der Waals surface area contributed by atoms with E-state index in [0.29, 0.717) is 0 Å². The molecule has 0 bridgehead atoms. The molecule has 0 radical (unpaired) electrons. The van der Waals surface area contributed by atoms with Crippen LogP contribution in [0.3, 0.4) is 0 Å². The molecule has 1 saturated carbocycles. The van der Waals surface area contributed by atoms with Gasteiger partial charge in [0.25, 0.3) is 0 Å². The molecule has 0 aliphatic heterocycles. The number of methoxy groups -OCH3 is 1. The smallest absolute Gasteiger partial charge is 0.240 e. The van der Waals surface area contributed by atoms with Crippen molar-refractivity contribution >= 4 is 20.0 Å². The van der Waals surface area contributed by atoms with Gasteiger partial charge in [0.1, 0.15) is 0 Å². The third kappa shape index (κ3) is 3.29. The maximum Gasteiger partial charge on any atom is 0.240 e. The topological polar surface area (TPSA) is 116 Å². The van der Waals surface area contributed by atoms with Crippen LogP contribution in [-0.4, -0.2) is 36.1 Å². The molecule has 3 N–H and O–H groups in total. The van der Waals surface area contributed by atoms with E-state index < -0.39 is 20.0 Å². The highest BCUT2D eigenvalue weighted by atomic mass is 32.2. The van der Waals surface area contributed by atoms with Crippen LogP contribution in [0.25, 0.3) is 0 Å². The normalized spacial score (nSPS) is 27.4. The van der Waals surface area contributed by atoms with E-state index in [0.717, 1.165) is 6.07 Å². The standard InChI is InChI=1S/C14H22N2O5S2/c1-9-12(14(2,3)13(9)21-4)16-23(19,20)11-7-5-6-10(8-11)22(15,17)18/h5-9,12-13,16H,1-4H3,(H2,15,17,18)/t9-,12-,13-/m1/s1. The van der Waals surface area contributed by atoms with E-state index >= 15 is 0 Å². The van der Waals surface area contributed by atoms with Gasteiger partial charge in [0.2, 0.25) is 20.0 Å². The molecular formula is C14H22N2O5S2. The Hall–Kier alpha value is -1.00. The SMILES string of the molecule is CO[C@@H]1[C@H](C)[C@@H](NS(=O)(=O)c2cccc(S(N)(=O)=O)c2)C1(C)C. The summed E-state index contributed by atoms with van der Waals surface area (Å²) in [5.41, 5.74) is -0.362. The summed E-state index contributed by atoms with van der Waals surface area (Å²) in [5.74, 6) is 0.00574. The Labute approximate surface area is 137 Å². The quantitative estimate of drug-likeness (QED) is 0.799. The zero-order valence-corrected chi connectivity index (χ0v) is 15.1. The van der Waals surface area contributed by atoms with Crippen LogP contribution in [0.15, 0.2) is 34.1 Å². The van der Waals surface area contributed by atoms with Gasteiger partial charge in [0, 0.05) is 18.6 Å². The lowest BCUT2D eigenvalue weighted by molar-refractivity contribution is -0.138. The van der Waals surface area contributed by atoms with Gasteiger partial charge in [-0.05, 0) is 24.1 Å². The fourth-order valence-electron chi connectivity index (χ4n) is 3.42. The molecule has 9 heteroatoms. The fraction of sp³-hybridized carbons (Fsp3) is 0.571. The van der Waals surface area contributed by atoms with Gasteiger partial charge < -0.3 is 4.74 Å². The molecule has 1 aromatic rings. The second-order valence-electron chi connectivity index (χ2n) is 6.46. The Morgan fingerprint density at radius 3 is 2.22 bits per heavy atom. The van der Waals surface area contributed by atoms with Gasteiger partial charge in [0.05, 0.1) is 15.9 Å². The van der Waals surface area contributed by atoms with E-state index in [2.05, 4.69) is 4.72 Å². The predicted molar refractivity (Wildman–Crippen MR) is 85.7 cm³/mol. The zero-order chi connectivity index (χ0) is 17.6. The zero-order valence-electron chi connectivity index (χ0n) is 13.5. The van der Waals surface area contributed by atoms with Crippen LogP contribution < -0.4 is 9.86 Å². The summed E-state index contributed by atoms with van der Waals surface area (Å²) in [6.45, 7) is 5.76. The Morgan fingerprint density at radius 2 is 1.74 bits per heavy atom. The van der Waals surface area contributed by atoms with Crippen molar-refractivity contribution in [1.29, 1.82) is 0 Å². The van der Waals surface area contributed by atoms with E-state index in [1.54, 1.807) is 7.11 Å². The minimum atomic E-state index is -3.96. The molecule has 0 aromatic heterocycles. The number of primary sulfonamides is 1. The van der Waals surface area contributed by atoms with Gasteiger partial charge in [-0.3, -0.25) is 0 Å². The van der Waals surface area contributed by atoms with Crippen molar-refractivity contribution in [2.45, 2.75) is 42.7 Å². The van der Waals surface area contributed by atoms with E-state index in [1.165, 1.54) is 18.2 Å². The number of ether oxygens (including phenoxy) is 1. The molecule has 1 aliphatic rings. The van der Waals surface area contributed by atoms with Crippen LogP contribution >= 0.6 is 0 Å². The Bertz CT molecular complexity index is 802. The maximum absolute atomic E-state index is 12.6. The molecular weight excluding hydrogens is 340 g/mol. The van der Waals surface area contributed by atoms with Crippen LogP contribution in [0.5, 0.6) is 0 Å². The lowest BCUT2D eigenvalue weighted by Gasteiger charge is -2.56. The summed E-state index contributed by atoms with van der Waals surface area (Å²) < 4.78 is 55.9. The first kappa shape index (κ1) is 18.3. The van der Waals surface area contributed by atoms with Crippen LogP contribution in [0.2, 0.25) is 0 Å². The van der Waals surface area contributed by atoms with Crippen molar-refractivity contribution in [3.8, 4) is 0 Å². The first-order valence-corrected chi connectivity index (χ1v) is 10.1. The molecule has 1 aliphatic carbocycles. The molecule has 0 heterocycles. The first-order chi connectivity index (χ1) is 10.4. The number of sulfonamides is 2. The van der Waals surface area contributed by atoms with Crippen molar-refractivity contribution in [2.24, 2.45) is 16.5 Å². The van der Waals surface area contributed by atoms with E-state index in [-0.39, 0.29) is 33.3 Å². The fourth-order valence-corrected chi connectivity index (χ4v) is 5.58. The highest BCUT2D eigenvalue weighted by molar-refractivity contribution is 7.90. The molecule has 23 heavy (non-hydrogen) atoms. The van der Waals surface area contributed by atoms with Gasteiger partial charge in [-0.25, -0.2) is 26.7 Å². The largest absolute Gasteiger partial charge is 0.380 e. The maximum atomic E-state index is 12.6. The third-order valence-electron chi connectivity index (χ3n) is 4.52. The van der Waals surface area contributed by atoms with Crippen molar-refractivity contribution in [3.05, 3.63) is 24.3 Å². The monoisotopic (exact) mass is 362 g/mol. The number of benzene rings is 1. The molecule has 130 valence electrons. The summed E-state index contributed by atoms with van der Waals surface area (Å²) in [4.78, 5) is -0.371. The summed E-state index contributed by atoms with van der Waals surface area (Å²) in [6, 6.07) is 4.69. The van der Waals surface area contributed by atoms with E-state index in [9.17, 15) is 16.8 Å². The van der Waals surface area contributed by atoms with Gasteiger partial charge in [-0.1, -0.05) is 26.8 Å². The highest BCUT2D eigenvalue weighted by Crippen LogP contribution is 2.47. The van der Waals surface area contributed by atoms with Crippen molar-refractivity contribution in [2.75, 3.05) is 7.11 Å². The molecule has 0 spiro atoms. The predicted octanol–water partition coefficient (Wildman–Crippen LogP) is 0.672. The average Bonchev–Trinajstić information content (AvgIpc) is 2.44. The molecule has 0 unspecified atom stereocenters. The molecule has 2 rings (SSSR count). The van der Waals surface area contributed by atoms with Crippen molar-refractivity contribution < 1.29 is 21.6 Å². The summed E-state index contributed by atoms with van der Waals surface area (Å²) in [7, 11) is -6.23. The minimum absolute atomic E-state index is 0.00574. The van der Waals surface area contributed by atoms with Crippen LogP contribution in [0.4, 0.5) is 0 Å². The first-order valence-electron chi connectivity index (χ1n) is 7.09. The van der Waals surface area contributed by atoms with Crippen LogP contribution in [0.1, 0.15) is 20.8 Å². The van der Waals surface area contributed by atoms with E-state index in [4.69, 9.17) is 9.88 Å². The van der Waals surface area contributed by atoms with Gasteiger partial charge in [0.15, 0.2) is 0 Å². The number of hydrogen-bond acceptors (Lipinski definition) is 5. The highest BCUT2D eigenvalue weighted by Gasteiger charge is 2.55. The molecule has 3 atom stereocenters. The second-order valence-corrected chi connectivity index (χ2v) is 9.73. The van der Waals surface area contributed by atoms with Crippen molar-refractivity contribution in [1.82, 2.24) is 4.72 Å². The van der Waals surface area contributed by atoms with Gasteiger partial charge >= 0.3 is 0 Å². The van der Waals surface area contributed by atoms with Crippen LogP contribution in [0, 0.1) is 11.3 Å². The molecule has 1 aromatic carbocycles. The van der Waals surface area contributed by atoms with Crippen molar-refractivity contribution in [3.63, 3.8) is 0 Å². The van der Waals surface area contributed by atoms with E-state index in [1.807, 2.05) is 20.8 Å². The number of nitrogens with one attached hydrogen (secondary N) is 1. The summed E-state index contributed by atoms with van der Waals surface area (Å²) in [5, 5.41) is 5.05. The Morgan fingerprint density at radius 1 is 1.17 bits per heavy atom. The van der Waals surface area contributed by atoms with Gasteiger partial charge in [-0.15, -0.1) is 0 Å². The molecule has 1 fully saturated rings. The number of rotatable bonds is 5. The lowest BCUT2D eigenvalue weighted by atomic mass is 9.58. The summed E-state index contributed by atoms with van der Waals surface area (Å²) >= 11 is 0. The lowest BCUT2D eigenvalue weighted by Crippen LogP contribution is -2.67. The Balaban J connectivity index is 2.31. The second kappa shape index (κ2) is 5.82. The Kier molecular flexibility index (Phi) is 4.64. The minimum Gasteiger partial charge on any atom is -0.380 e.